The van der Waals surface area contributed by atoms with Crippen LogP contribution in [0.1, 0.15) is 36.1 Å². The summed E-state index contributed by atoms with van der Waals surface area (Å²) in [4.78, 5) is 31.8. The van der Waals surface area contributed by atoms with Crippen molar-refractivity contribution in [2.24, 2.45) is 7.05 Å². The molecule has 0 aliphatic carbocycles. The van der Waals surface area contributed by atoms with E-state index >= 15 is 0 Å². The Labute approximate surface area is 126 Å². The van der Waals surface area contributed by atoms with Gasteiger partial charge in [0.1, 0.15) is 5.82 Å². The van der Waals surface area contributed by atoms with Crippen LogP contribution in [-0.2, 0) is 7.05 Å². The average molecular weight is 307 g/mol. The molecule has 0 aliphatic heterocycles. The molecule has 0 atom stereocenters. The highest BCUT2D eigenvalue weighted by Gasteiger charge is 2.15. The number of hydrogen-bond donors (Lipinski definition) is 1. The molecule has 0 saturated carbocycles. The molecule has 0 spiro atoms. The minimum atomic E-state index is -0.442. The number of anilines is 1. The van der Waals surface area contributed by atoms with Gasteiger partial charge in [0.25, 0.3) is 5.91 Å². The predicted molar refractivity (Wildman–Crippen MR) is 80.8 cm³/mol. The lowest BCUT2D eigenvalue weighted by Crippen LogP contribution is -2.19. The Morgan fingerprint density at radius 2 is 2.10 bits per heavy atom. The summed E-state index contributed by atoms with van der Waals surface area (Å²) in [6, 6.07) is 2.90. The van der Waals surface area contributed by atoms with Gasteiger partial charge in [-0.1, -0.05) is 25.4 Å². The van der Waals surface area contributed by atoms with Gasteiger partial charge in [-0.3, -0.25) is 9.59 Å². The number of carbonyl (C=O) groups is 1. The molecule has 2 rings (SSSR count). The lowest BCUT2D eigenvalue weighted by molar-refractivity contribution is 0.102. The Morgan fingerprint density at radius 1 is 1.38 bits per heavy atom. The normalized spacial score (nSPS) is 10.7. The van der Waals surface area contributed by atoms with Crippen LogP contribution in [0.15, 0.2) is 29.3 Å². The Hall–Kier alpha value is -2.21. The highest BCUT2D eigenvalue weighted by molar-refractivity contribution is 6.33. The van der Waals surface area contributed by atoms with Crippen LogP contribution in [0.2, 0.25) is 5.02 Å². The minimum absolute atomic E-state index is 0.0892. The van der Waals surface area contributed by atoms with Crippen LogP contribution in [0, 0.1) is 0 Å². The third-order valence-corrected chi connectivity index (χ3v) is 3.11. The summed E-state index contributed by atoms with van der Waals surface area (Å²) in [5.41, 5.74) is 0.447. The summed E-state index contributed by atoms with van der Waals surface area (Å²) < 4.78 is 1.37. The molecule has 0 radical (unpaired) electrons. The van der Waals surface area contributed by atoms with Crippen LogP contribution < -0.4 is 10.9 Å². The smallest absolute Gasteiger partial charge is 0.275 e. The van der Waals surface area contributed by atoms with E-state index in [9.17, 15) is 9.59 Å². The molecule has 2 aromatic rings. The fourth-order valence-corrected chi connectivity index (χ4v) is 1.85. The first-order chi connectivity index (χ1) is 9.88. The second-order valence-electron chi connectivity index (χ2n) is 4.90. The van der Waals surface area contributed by atoms with Crippen LogP contribution in [0.25, 0.3) is 0 Å². The van der Waals surface area contributed by atoms with E-state index in [2.05, 4.69) is 15.3 Å². The van der Waals surface area contributed by atoms with Gasteiger partial charge in [-0.15, -0.1) is 0 Å². The van der Waals surface area contributed by atoms with Crippen LogP contribution in [0.5, 0.6) is 0 Å². The maximum atomic E-state index is 12.2. The maximum absolute atomic E-state index is 12.2. The highest BCUT2D eigenvalue weighted by atomic mass is 35.5. The van der Waals surface area contributed by atoms with Crippen molar-refractivity contribution in [1.29, 1.82) is 0 Å². The van der Waals surface area contributed by atoms with E-state index in [0.29, 0.717) is 11.5 Å². The number of hydrogen-bond acceptors (Lipinski definition) is 4. The third kappa shape index (κ3) is 3.46. The van der Waals surface area contributed by atoms with E-state index < -0.39 is 5.91 Å². The van der Waals surface area contributed by atoms with Crippen molar-refractivity contribution in [3.05, 3.63) is 51.4 Å². The number of aromatic nitrogens is 3. The van der Waals surface area contributed by atoms with Crippen molar-refractivity contribution in [3.8, 4) is 0 Å². The van der Waals surface area contributed by atoms with Gasteiger partial charge in [0.15, 0.2) is 5.69 Å². The Morgan fingerprint density at radius 3 is 2.71 bits per heavy atom. The fourth-order valence-electron chi connectivity index (χ4n) is 1.68. The molecule has 0 aliphatic rings. The first-order valence-electron chi connectivity index (χ1n) is 6.39. The second-order valence-corrected chi connectivity index (χ2v) is 5.31. The molecule has 1 amide bonds. The van der Waals surface area contributed by atoms with E-state index in [1.807, 2.05) is 13.8 Å². The van der Waals surface area contributed by atoms with E-state index in [1.165, 1.54) is 29.1 Å². The van der Waals surface area contributed by atoms with Gasteiger partial charge in [-0.25, -0.2) is 9.97 Å². The minimum Gasteiger partial charge on any atom is -0.319 e. The lowest BCUT2D eigenvalue weighted by atomic mass is 10.2. The van der Waals surface area contributed by atoms with Gasteiger partial charge in [0, 0.05) is 25.2 Å². The summed E-state index contributed by atoms with van der Waals surface area (Å²) in [5, 5.41) is 2.84. The molecule has 7 heteroatoms. The number of pyridine rings is 1. The van der Waals surface area contributed by atoms with E-state index in [0.717, 1.165) is 0 Å². The van der Waals surface area contributed by atoms with Gasteiger partial charge in [0.05, 0.1) is 16.9 Å². The highest BCUT2D eigenvalue weighted by Crippen LogP contribution is 2.17. The molecule has 2 aromatic heterocycles. The molecule has 110 valence electrons. The summed E-state index contributed by atoms with van der Waals surface area (Å²) in [6.07, 6.45) is 2.94. The van der Waals surface area contributed by atoms with Gasteiger partial charge in [0.2, 0.25) is 5.56 Å². The summed E-state index contributed by atoms with van der Waals surface area (Å²) >= 11 is 5.98. The average Bonchev–Trinajstić information content (AvgIpc) is 2.43. The van der Waals surface area contributed by atoms with Crippen molar-refractivity contribution < 1.29 is 4.79 Å². The summed E-state index contributed by atoms with van der Waals surface area (Å²) in [5.74, 6) is 0.194. The lowest BCUT2D eigenvalue weighted by Gasteiger charge is -2.09. The number of rotatable bonds is 3. The molecule has 21 heavy (non-hydrogen) atoms. The number of halogens is 1. The number of nitrogens with one attached hydrogen (secondary N) is 1. The van der Waals surface area contributed by atoms with E-state index in [-0.39, 0.29) is 22.2 Å². The van der Waals surface area contributed by atoms with Crippen LogP contribution in [0.4, 0.5) is 5.69 Å². The number of amides is 1. The van der Waals surface area contributed by atoms with Crippen molar-refractivity contribution in [2.75, 3.05) is 5.32 Å². The van der Waals surface area contributed by atoms with Gasteiger partial charge in [-0.05, 0) is 6.07 Å². The predicted octanol–water partition coefficient (Wildman–Crippen LogP) is 2.20. The SMILES string of the molecule is CC(C)c1ncc(Cl)c(C(=O)Nc2ccc(=O)n(C)c2)n1. The molecule has 0 bridgehead atoms. The van der Waals surface area contributed by atoms with Crippen molar-refractivity contribution in [3.63, 3.8) is 0 Å². The zero-order chi connectivity index (χ0) is 15.6. The quantitative estimate of drug-likeness (QED) is 0.943. The molecule has 0 unspecified atom stereocenters. The van der Waals surface area contributed by atoms with Gasteiger partial charge < -0.3 is 9.88 Å². The number of aryl methyl sites for hydroxylation is 1. The molecular formula is C14H15ClN4O2. The maximum Gasteiger partial charge on any atom is 0.275 e. The standard InChI is InChI=1S/C14H15ClN4O2/c1-8(2)13-16-6-10(15)12(18-13)14(21)17-9-4-5-11(20)19(3)7-9/h4-8H,1-3H3,(H,17,21). The summed E-state index contributed by atoms with van der Waals surface area (Å²) in [6.45, 7) is 3.86. The summed E-state index contributed by atoms with van der Waals surface area (Å²) in [7, 11) is 1.60. The van der Waals surface area contributed by atoms with Crippen LogP contribution in [-0.4, -0.2) is 20.4 Å². The van der Waals surface area contributed by atoms with Crippen LogP contribution >= 0.6 is 11.6 Å². The van der Waals surface area contributed by atoms with Gasteiger partial charge in [-0.2, -0.15) is 0 Å². The number of carbonyl (C=O) groups excluding carboxylic acids is 1. The Bertz CT molecular complexity index is 740. The van der Waals surface area contributed by atoms with Crippen LogP contribution in [0.3, 0.4) is 0 Å². The first-order valence-corrected chi connectivity index (χ1v) is 6.76. The first kappa shape index (κ1) is 15.2. The van der Waals surface area contributed by atoms with Crippen molar-refractivity contribution >= 4 is 23.2 Å². The molecule has 2 heterocycles. The monoisotopic (exact) mass is 306 g/mol. The van der Waals surface area contributed by atoms with E-state index in [4.69, 9.17) is 11.6 Å². The van der Waals surface area contributed by atoms with E-state index in [1.54, 1.807) is 7.05 Å². The van der Waals surface area contributed by atoms with Crippen molar-refractivity contribution in [2.45, 2.75) is 19.8 Å². The third-order valence-electron chi connectivity index (χ3n) is 2.84. The topological polar surface area (TPSA) is 76.9 Å². The molecular weight excluding hydrogens is 292 g/mol. The molecule has 0 saturated heterocycles. The Balaban J connectivity index is 2.29. The fraction of sp³-hybridized carbons (Fsp3) is 0.286. The Kier molecular flexibility index (Phi) is 4.37. The second kappa shape index (κ2) is 6.05. The zero-order valence-corrected chi connectivity index (χ0v) is 12.7. The molecule has 1 N–H and O–H groups in total. The largest absolute Gasteiger partial charge is 0.319 e. The number of nitrogens with zero attached hydrogens (tertiary/aromatic N) is 3. The molecule has 0 fully saturated rings. The molecule has 0 aromatic carbocycles. The van der Waals surface area contributed by atoms with Gasteiger partial charge >= 0.3 is 0 Å². The molecule has 6 nitrogen and oxygen atoms in total. The zero-order valence-electron chi connectivity index (χ0n) is 11.9. The van der Waals surface area contributed by atoms with Crippen molar-refractivity contribution in [1.82, 2.24) is 14.5 Å².